The first-order chi connectivity index (χ1) is 17.8. The minimum absolute atomic E-state index is 0.0228. The van der Waals surface area contributed by atoms with Crippen LogP contribution in [0.2, 0.25) is 0 Å². The van der Waals surface area contributed by atoms with Gasteiger partial charge in [-0.2, -0.15) is 0 Å². The molecule has 0 unspecified atom stereocenters. The fourth-order valence-corrected chi connectivity index (χ4v) is 5.90. The SMILES string of the molecule is CCCOc1ccc([C@@H]2CN3C(=O)CN(CC(C)C)C(=O)[C@]3(C)c3[nH]c4ccccc4c32)cc1OCC. The number of benzene rings is 2. The van der Waals surface area contributed by atoms with E-state index >= 15 is 0 Å². The summed E-state index contributed by atoms with van der Waals surface area (Å²) in [5.41, 5.74) is 2.80. The van der Waals surface area contributed by atoms with Gasteiger partial charge in [0.15, 0.2) is 17.0 Å². The third kappa shape index (κ3) is 4.14. The maximum atomic E-state index is 14.0. The Morgan fingerprint density at radius 2 is 1.86 bits per heavy atom. The van der Waals surface area contributed by atoms with Crippen molar-refractivity contribution in [3.63, 3.8) is 0 Å². The monoisotopic (exact) mass is 503 g/mol. The standard InChI is InChI=1S/C30H37N3O4/c1-6-14-37-24-13-12-20(15-25(24)36-7-2)22-17-33-26(34)18-32(16-19(3)4)29(35)30(33,5)28-27(22)21-10-8-9-11-23(21)31-28/h8-13,15,19,22,31H,6-7,14,16-18H2,1-5H3/t22-,30-/m0/s1. The number of carbonyl (C=O) groups is 2. The number of nitrogens with one attached hydrogen (secondary N) is 1. The molecule has 0 bridgehead atoms. The lowest BCUT2D eigenvalue weighted by Gasteiger charge is -2.51. The maximum Gasteiger partial charge on any atom is 0.254 e. The lowest BCUT2D eigenvalue weighted by Crippen LogP contribution is -2.67. The van der Waals surface area contributed by atoms with Crippen molar-refractivity contribution in [1.82, 2.24) is 14.8 Å². The highest BCUT2D eigenvalue weighted by molar-refractivity contribution is 6.01. The second-order valence-electron chi connectivity index (χ2n) is 10.7. The molecule has 1 N–H and O–H groups in total. The fraction of sp³-hybridized carbons (Fsp3) is 0.467. The minimum Gasteiger partial charge on any atom is -0.490 e. The number of hydrogen-bond donors (Lipinski definition) is 1. The van der Waals surface area contributed by atoms with Crippen LogP contribution < -0.4 is 9.47 Å². The molecule has 3 heterocycles. The maximum absolute atomic E-state index is 14.0. The zero-order valence-electron chi connectivity index (χ0n) is 22.5. The van der Waals surface area contributed by atoms with Crippen LogP contribution in [-0.4, -0.2) is 59.4 Å². The van der Waals surface area contributed by atoms with Crippen molar-refractivity contribution in [2.24, 2.45) is 5.92 Å². The van der Waals surface area contributed by atoms with Gasteiger partial charge in [-0.1, -0.05) is 45.0 Å². The molecular weight excluding hydrogens is 466 g/mol. The molecule has 0 spiro atoms. The molecule has 3 aromatic rings. The predicted molar refractivity (Wildman–Crippen MR) is 144 cm³/mol. The number of nitrogens with zero attached hydrogens (tertiary/aromatic N) is 2. The highest BCUT2D eigenvalue weighted by Crippen LogP contribution is 2.49. The molecule has 1 aromatic heterocycles. The van der Waals surface area contributed by atoms with Gasteiger partial charge in [0.25, 0.3) is 5.91 Å². The zero-order valence-corrected chi connectivity index (χ0v) is 22.5. The van der Waals surface area contributed by atoms with E-state index in [9.17, 15) is 9.59 Å². The molecule has 7 nitrogen and oxygen atoms in total. The third-order valence-electron chi connectivity index (χ3n) is 7.53. The van der Waals surface area contributed by atoms with Crippen LogP contribution >= 0.6 is 0 Å². The topological polar surface area (TPSA) is 74.9 Å². The van der Waals surface area contributed by atoms with E-state index in [-0.39, 0.29) is 30.2 Å². The summed E-state index contributed by atoms with van der Waals surface area (Å²) in [5, 5.41) is 1.08. The molecule has 2 amide bonds. The van der Waals surface area contributed by atoms with Crippen molar-refractivity contribution in [3.05, 3.63) is 59.3 Å². The number of piperazine rings is 1. The average molecular weight is 504 g/mol. The van der Waals surface area contributed by atoms with E-state index in [2.05, 4.69) is 37.9 Å². The van der Waals surface area contributed by atoms with Gasteiger partial charge in [0.2, 0.25) is 5.91 Å². The molecule has 1 fully saturated rings. The van der Waals surface area contributed by atoms with Crippen molar-refractivity contribution < 1.29 is 19.1 Å². The molecule has 37 heavy (non-hydrogen) atoms. The molecule has 0 saturated carbocycles. The summed E-state index contributed by atoms with van der Waals surface area (Å²) in [6.45, 7) is 12.3. The van der Waals surface area contributed by atoms with Crippen LogP contribution in [0.25, 0.3) is 10.9 Å². The number of hydrogen-bond acceptors (Lipinski definition) is 4. The van der Waals surface area contributed by atoms with E-state index < -0.39 is 5.54 Å². The van der Waals surface area contributed by atoms with Crippen LogP contribution in [0.5, 0.6) is 11.5 Å². The fourth-order valence-electron chi connectivity index (χ4n) is 5.90. The Kier molecular flexibility index (Phi) is 6.65. The van der Waals surface area contributed by atoms with Gasteiger partial charge >= 0.3 is 0 Å². The lowest BCUT2D eigenvalue weighted by molar-refractivity contribution is -0.166. The van der Waals surface area contributed by atoms with Crippen molar-refractivity contribution in [2.45, 2.75) is 52.5 Å². The quantitative estimate of drug-likeness (QED) is 0.467. The summed E-state index contributed by atoms with van der Waals surface area (Å²) in [7, 11) is 0. The van der Waals surface area contributed by atoms with E-state index in [0.29, 0.717) is 32.1 Å². The molecule has 2 aromatic carbocycles. The molecule has 0 radical (unpaired) electrons. The van der Waals surface area contributed by atoms with Gasteiger partial charge < -0.3 is 24.3 Å². The van der Waals surface area contributed by atoms with Crippen molar-refractivity contribution in [3.8, 4) is 11.5 Å². The number of H-pyrrole nitrogens is 1. The number of amides is 2. The second-order valence-corrected chi connectivity index (χ2v) is 10.7. The highest BCUT2D eigenvalue weighted by atomic mass is 16.5. The summed E-state index contributed by atoms with van der Waals surface area (Å²) in [5.74, 6) is 1.53. The van der Waals surface area contributed by atoms with Gasteiger partial charge in [0.1, 0.15) is 0 Å². The molecule has 2 aliphatic heterocycles. The molecule has 196 valence electrons. The van der Waals surface area contributed by atoms with Crippen molar-refractivity contribution >= 4 is 22.7 Å². The summed E-state index contributed by atoms with van der Waals surface area (Å²) >= 11 is 0. The van der Waals surface area contributed by atoms with Crippen LogP contribution in [0, 0.1) is 5.92 Å². The highest BCUT2D eigenvalue weighted by Gasteiger charge is 2.56. The largest absolute Gasteiger partial charge is 0.490 e. The summed E-state index contributed by atoms with van der Waals surface area (Å²) < 4.78 is 11.9. The second kappa shape index (κ2) is 9.77. The lowest BCUT2D eigenvalue weighted by atomic mass is 9.76. The van der Waals surface area contributed by atoms with Gasteiger partial charge in [0, 0.05) is 29.9 Å². The first-order valence-corrected chi connectivity index (χ1v) is 13.4. The zero-order chi connectivity index (χ0) is 26.3. The van der Waals surface area contributed by atoms with Gasteiger partial charge in [0.05, 0.1) is 25.5 Å². The Hall–Kier alpha value is -3.48. The van der Waals surface area contributed by atoms with E-state index in [4.69, 9.17) is 9.47 Å². The average Bonchev–Trinajstić information content (AvgIpc) is 3.27. The van der Waals surface area contributed by atoms with E-state index in [1.54, 1.807) is 9.80 Å². The molecule has 0 aliphatic carbocycles. The number of para-hydroxylation sites is 1. The predicted octanol–water partition coefficient (Wildman–Crippen LogP) is 5.04. The number of fused-ring (bicyclic) bond motifs is 5. The van der Waals surface area contributed by atoms with Crippen LogP contribution in [0.4, 0.5) is 0 Å². The molecule has 1 saturated heterocycles. The summed E-state index contributed by atoms with van der Waals surface area (Å²) in [6.07, 6.45) is 0.909. The third-order valence-corrected chi connectivity index (χ3v) is 7.53. The minimum atomic E-state index is -1.08. The number of aromatic amines is 1. The molecule has 2 aliphatic rings. The Balaban J connectivity index is 1.67. The summed E-state index contributed by atoms with van der Waals surface area (Å²) in [4.78, 5) is 34.7. The molecular formula is C30H37N3O4. The Morgan fingerprint density at radius 3 is 2.59 bits per heavy atom. The van der Waals surface area contributed by atoms with E-state index in [1.165, 1.54) is 0 Å². The molecule has 7 heteroatoms. The first-order valence-electron chi connectivity index (χ1n) is 13.4. The smallest absolute Gasteiger partial charge is 0.254 e. The van der Waals surface area contributed by atoms with E-state index in [0.717, 1.165) is 39.9 Å². The number of carbonyl (C=O) groups excluding carboxylic acids is 2. The van der Waals surface area contributed by atoms with Crippen LogP contribution in [0.1, 0.15) is 63.8 Å². The number of rotatable bonds is 8. The molecule has 5 rings (SSSR count). The van der Waals surface area contributed by atoms with Crippen LogP contribution in [-0.2, 0) is 15.1 Å². The Labute approximate surface area is 218 Å². The van der Waals surface area contributed by atoms with E-state index in [1.807, 2.05) is 44.2 Å². The summed E-state index contributed by atoms with van der Waals surface area (Å²) in [6, 6.07) is 14.2. The normalized spacial score (nSPS) is 21.4. The Morgan fingerprint density at radius 1 is 1.08 bits per heavy atom. The van der Waals surface area contributed by atoms with Crippen LogP contribution in [0.15, 0.2) is 42.5 Å². The van der Waals surface area contributed by atoms with Gasteiger partial charge in [-0.25, -0.2) is 0 Å². The van der Waals surface area contributed by atoms with Crippen molar-refractivity contribution in [2.75, 3.05) is 32.8 Å². The number of aromatic nitrogens is 1. The van der Waals surface area contributed by atoms with Gasteiger partial charge in [-0.3, -0.25) is 9.59 Å². The first kappa shape index (κ1) is 25.2. The van der Waals surface area contributed by atoms with Gasteiger partial charge in [-0.05, 0) is 55.5 Å². The molecule has 2 atom stereocenters. The van der Waals surface area contributed by atoms with Gasteiger partial charge in [-0.15, -0.1) is 0 Å². The van der Waals surface area contributed by atoms with Crippen molar-refractivity contribution in [1.29, 1.82) is 0 Å². The Bertz CT molecular complexity index is 1330. The number of ether oxygens (including phenoxy) is 2. The van der Waals surface area contributed by atoms with Crippen LogP contribution in [0.3, 0.4) is 0 Å².